The highest BCUT2D eigenvalue weighted by atomic mass is 32.2. The minimum atomic E-state index is -4.23. The summed E-state index contributed by atoms with van der Waals surface area (Å²) in [5.41, 5.74) is 0.490. The first kappa shape index (κ1) is 25.8. The standard InChI is InChI=1S/C25H29N3O7S/c29-22(30)9-12-26-24(31)19-7-4-8-20(15-19)36(33,34)27-23(18-5-2-1-3-6-18)25(32)35-21-16-28-13-10-17(21)11-14-28/h1-8,15,17,21,23,27H,9-14,16H2,(H,26,31)(H,29,30)/t21-,23?/m0/s1. The number of carboxylic acids is 1. The number of benzene rings is 2. The molecule has 2 aromatic rings. The Hall–Kier alpha value is -3.28. The van der Waals surface area contributed by atoms with Crippen molar-refractivity contribution in [1.82, 2.24) is 14.9 Å². The molecule has 192 valence electrons. The van der Waals surface area contributed by atoms with Crippen LogP contribution >= 0.6 is 0 Å². The van der Waals surface area contributed by atoms with E-state index >= 15 is 0 Å². The van der Waals surface area contributed by atoms with Gasteiger partial charge in [0.05, 0.1) is 11.3 Å². The summed E-state index contributed by atoms with van der Waals surface area (Å²) in [5.74, 6) is -2.07. The van der Waals surface area contributed by atoms with Gasteiger partial charge in [-0.05, 0) is 55.6 Å². The zero-order valence-corrected chi connectivity index (χ0v) is 20.4. The quantitative estimate of drug-likeness (QED) is 0.405. The number of esters is 1. The monoisotopic (exact) mass is 515 g/mol. The van der Waals surface area contributed by atoms with E-state index in [-0.39, 0.29) is 35.4 Å². The Labute approximate surface area is 209 Å². The van der Waals surface area contributed by atoms with Gasteiger partial charge in [-0.1, -0.05) is 36.4 Å². The number of sulfonamides is 1. The van der Waals surface area contributed by atoms with Crippen LogP contribution in [0.3, 0.4) is 0 Å². The van der Waals surface area contributed by atoms with Crippen molar-refractivity contribution in [3.63, 3.8) is 0 Å². The Morgan fingerprint density at radius 1 is 1.06 bits per heavy atom. The van der Waals surface area contributed by atoms with Crippen molar-refractivity contribution in [3.05, 3.63) is 65.7 Å². The van der Waals surface area contributed by atoms with Gasteiger partial charge in [-0.25, -0.2) is 13.2 Å². The van der Waals surface area contributed by atoms with Gasteiger partial charge in [0.15, 0.2) is 0 Å². The molecule has 1 unspecified atom stereocenters. The SMILES string of the molecule is O=C(O)CCNC(=O)c1cccc(S(=O)(=O)NC(C(=O)O[C@H]2CN3CCC2CC3)c2ccccc2)c1. The maximum absolute atomic E-state index is 13.3. The summed E-state index contributed by atoms with van der Waals surface area (Å²) in [4.78, 5) is 38.3. The highest BCUT2D eigenvalue weighted by molar-refractivity contribution is 7.89. The van der Waals surface area contributed by atoms with Crippen molar-refractivity contribution >= 4 is 27.9 Å². The molecule has 10 nitrogen and oxygen atoms in total. The molecule has 11 heteroatoms. The molecule has 1 amide bonds. The molecule has 3 aliphatic heterocycles. The lowest BCUT2D eigenvalue weighted by Crippen LogP contribution is -2.52. The van der Waals surface area contributed by atoms with Gasteiger partial charge < -0.3 is 15.2 Å². The fraction of sp³-hybridized carbons (Fsp3) is 0.400. The Morgan fingerprint density at radius 3 is 2.42 bits per heavy atom. The first-order valence-corrected chi connectivity index (χ1v) is 13.3. The molecule has 0 aliphatic carbocycles. The van der Waals surface area contributed by atoms with Crippen molar-refractivity contribution < 1.29 is 32.6 Å². The molecule has 2 bridgehead atoms. The fourth-order valence-electron chi connectivity index (χ4n) is 4.57. The number of rotatable bonds is 10. The molecule has 0 radical (unpaired) electrons. The first-order chi connectivity index (χ1) is 17.2. The van der Waals surface area contributed by atoms with Crippen LogP contribution in [0.25, 0.3) is 0 Å². The van der Waals surface area contributed by atoms with Crippen LogP contribution in [-0.2, 0) is 24.3 Å². The summed E-state index contributed by atoms with van der Waals surface area (Å²) in [6.45, 7) is 2.51. The number of nitrogens with zero attached hydrogens (tertiary/aromatic N) is 1. The van der Waals surface area contributed by atoms with Crippen molar-refractivity contribution in [1.29, 1.82) is 0 Å². The lowest BCUT2D eigenvalue weighted by molar-refractivity contribution is -0.161. The third-order valence-corrected chi connectivity index (χ3v) is 7.96. The third kappa shape index (κ3) is 6.28. The predicted molar refractivity (Wildman–Crippen MR) is 130 cm³/mol. The molecule has 5 rings (SSSR count). The fourth-order valence-corrected chi connectivity index (χ4v) is 5.79. The second kappa shape index (κ2) is 11.2. The molecular formula is C25H29N3O7S. The normalized spacial score (nSPS) is 21.9. The topological polar surface area (TPSA) is 142 Å². The lowest BCUT2D eigenvalue weighted by Gasteiger charge is -2.44. The van der Waals surface area contributed by atoms with E-state index in [1.54, 1.807) is 30.3 Å². The zero-order chi connectivity index (χ0) is 25.7. The van der Waals surface area contributed by atoms with Gasteiger partial charge in [0.2, 0.25) is 10.0 Å². The largest absolute Gasteiger partial charge is 0.481 e. The summed E-state index contributed by atoms with van der Waals surface area (Å²) in [6, 6.07) is 12.5. The van der Waals surface area contributed by atoms with Crippen LogP contribution in [0.4, 0.5) is 0 Å². The van der Waals surface area contributed by atoms with E-state index in [1.165, 1.54) is 24.3 Å². The summed E-state index contributed by atoms with van der Waals surface area (Å²) < 4.78 is 34.9. The number of hydrogen-bond acceptors (Lipinski definition) is 7. The summed E-state index contributed by atoms with van der Waals surface area (Å²) in [7, 11) is -4.23. The first-order valence-electron chi connectivity index (χ1n) is 11.8. The average Bonchev–Trinajstić information content (AvgIpc) is 2.88. The van der Waals surface area contributed by atoms with Gasteiger partial charge in [0.25, 0.3) is 5.91 Å². The lowest BCUT2D eigenvalue weighted by atomic mass is 9.86. The Morgan fingerprint density at radius 2 is 1.78 bits per heavy atom. The van der Waals surface area contributed by atoms with Gasteiger partial charge in [-0.3, -0.25) is 14.5 Å². The Balaban J connectivity index is 1.52. The van der Waals surface area contributed by atoms with E-state index in [1.807, 2.05) is 0 Å². The number of amides is 1. The molecule has 0 aromatic heterocycles. The molecule has 3 heterocycles. The van der Waals surface area contributed by atoms with Crippen LogP contribution in [0.1, 0.15) is 41.2 Å². The van der Waals surface area contributed by atoms with Crippen LogP contribution in [-0.4, -0.2) is 68.6 Å². The van der Waals surface area contributed by atoms with E-state index in [0.717, 1.165) is 25.9 Å². The molecule has 2 aromatic carbocycles. The van der Waals surface area contributed by atoms with E-state index in [2.05, 4.69) is 14.9 Å². The summed E-state index contributed by atoms with van der Waals surface area (Å²) in [5, 5.41) is 11.2. The minimum absolute atomic E-state index is 0.0504. The predicted octanol–water partition coefficient (Wildman–Crippen LogP) is 1.55. The second-order valence-corrected chi connectivity index (χ2v) is 10.7. The number of carbonyl (C=O) groups excluding carboxylic acids is 2. The maximum Gasteiger partial charge on any atom is 0.329 e. The number of hydrogen-bond donors (Lipinski definition) is 3. The molecule has 3 fully saturated rings. The van der Waals surface area contributed by atoms with Crippen molar-refractivity contribution in [2.24, 2.45) is 5.92 Å². The van der Waals surface area contributed by atoms with E-state index in [4.69, 9.17) is 9.84 Å². The molecule has 0 saturated carbocycles. The van der Waals surface area contributed by atoms with Gasteiger partial charge in [0.1, 0.15) is 12.1 Å². The highest BCUT2D eigenvalue weighted by Crippen LogP contribution is 2.31. The molecular weight excluding hydrogens is 486 g/mol. The second-order valence-electron chi connectivity index (χ2n) is 9.01. The van der Waals surface area contributed by atoms with Crippen LogP contribution in [0.15, 0.2) is 59.5 Å². The number of ether oxygens (including phenoxy) is 1. The van der Waals surface area contributed by atoms with E-state index < -0.39 is 33.9 Å². The maximum atomic E-state index is 13.3. The minimum Gasteiger partial charge on any atom is -0.481 e. The van der Waals surface area contributed by atoms with Gasteiger partial charge >= 0.3 is 11.9 Å². The molecule has 3 aliphatic rings. The van der Waals surface area contributed by atoms with Crippen molar-refractivity contribution in [3.8, 4) is 0 Å². The number of carboxylic acid groups (broad SMARTS) is 1. The zero-order valence-electron chi connectivity index (χ0n) is 19.6. The number of piperidine rings is 3. The van der Waals surface area contributed by atoms with Crippen molar-refractivity contribution in [2.45, 2.75) is 36.3 Å². The Bertz CT molecular complexity index is 1210. The summed E-state index contributed by atoms with van der Waals surface area (Å²) in [6.07, 6.45) is 1.35. The number of nitrogens with one attached hydrogen (secondary N) is 2. The Kier molecular flexibility index (Phi) is 8.02. The smallest absolute Gasteiger partial charge is 0.329 e. The molecule has 36 heavy (non-hydrogen) atoms. The van der Waals surface area contributed by atoms with Gasteiger partial charge in [-0.2, -0.15) is 4.72 Å². The number of fused-ring (bicyclic) bond motifs is 3. The van der Waals surface area contributed by atoms with Gasteiger partial charge in [0, 0.05) is 18.7 Å². The summed E-state index contributed by atoms with van der Waals surface area (Å²) >= 11 is 0. The molecule has 0 spiro atoms. The van der Waals surface area contributed by atoms with Crippen LogP contribution in [0.5, 0.6) is 0 Å². The average molecular weight is 516 g/mol. The number of aliphatic carboxylic acids is 1. The highest BCUT2D eigenvalue weighted by Gasteiger charge is 2.38. The van der Waals surface area contributed by atoms with Crippen LogP contribution < -0.4 is 10.0 Å². The van der Waals surface area contributed by atoms with Crippen LogP contribution in [0.2, 0.25) is 0 Å². The third-order valence-electron chi connectivity index (χ3n) is 6.54. The van der Waals surface area contributed by atoms with Gasteiger partial charge in [-0.15, -0.1) is 0 Å². The number of carbonyl (C=O) groups is 3. The van der Waals surface area contributed by atoms with Crippen LogP contribution in [0, 0.1) is 5.92 Å². The van der Waals surface area contributed by atoms with Crippen molar-refractivity contribution in [2.75, 3.05) is 26.2 Å². The molecule has 3 saturated heterocycles. The molecule has 3 N–H and O–H groups in total. The van der Waals surface area contributed by atoms with E-state index in [0.29, 0.717) is 12.1 Å². The van der Waals surface area contributed by atoms with E-state index in [9.17, 15) is 22.8 Å². The molecule has 2 atom stereocenters.